The fourth-order valence-corrected chi connectivity index (χ4v) is 3.33. The van der Waals surface area contributed by atoms with Crippen LogP contribution < -0.4 is 5.32 Å². The summed E-state index contributed by atoms with van der Waals surface area (Å²) < 4.78 is 39.2. The molecule has 0 saturated heterocycles. The molecule has 1 atom stereocenters. The van der Waals surface area contributed by atoms with Crippen LogP contribution in [0.25, 0.3) is 0 Å². The predicted molar refractivity (Wildman–Crippen MR) is 113 cm³/mol. The van der Waals surface area contributed by atoms with Crippen molar-refractivity contribution in [1.29, 1.82) is 0 Å². The van der Waals surface area contributed by atoms with Crippen molar-refractivity contribution in [3.63, 3.8) is 0 Å². The molecule has 0 spiro atoms. The number of nitrogens with one attached hydrogen (secondary N) is 1. The molecule has 166 valence electrons. The number of urea groups is 1. The minimum atomic E-state index is -4.45. The third kappa shape index (κ3) is 6.37. The van der Waals surface area contributed by atoms with Crippen LogP contribution in [-0.4, -0.2) is 35.3 Å². The van der Waals surface area contributed by atoms with E-state index in [2.05, 4.69) is 10.5 Å². The smallest absolute Gasteiger partial charge is 0.390 e. The fraction of sp³-hybridized carbons (Fsp3) is 0.364. The van der Waals surface area contributed by atoms with Crippen LogP contribution in [0.15, 0.2) is 53.7 Å². The predicted octanol–water partition coefficient (Wildman–Crippen LogP) is 5.47. The average molecular weight is 454 g/mol. The normalized spacial score (nSPS) is 16.1. The number of amides is 2. The molecule has 0 unspecified atom stereocenters. The molecule has 5 nitrogen and oxygen atoms in total. The summed E-state index contributed by atoms with van der Waals surface area (Å²) in [5.41, 5.74) is 1.22. The van der Waals surface area contributed by atoms with Crippen LogP contribution in [0.5, 0.6) is 0 Å². The zero-order valence-corrected chi connectivity index (χ0v) is 17.9. The van der Waals surface area contributed by atoms with Crippen LogP contribution in [0.4, 0.5) is 18.0 Å². The van der Waals surface area contributed by atoms with E-state index < -0.39 is 17.8 Å². The summed E-state index contributed by atoms with van der Waals surface area (Å²) >= 11 is 5.92. The van der Waals surface area contributed by atoms with Crippen molar-refractivity contribution in [2.45, 2.75) is 45.1 Å². The standard InChI is InChI=1S/C22H23ClF3N3O2/c1-14(2)27-21(30)29(12-15-4-3-5-17(10-15)22(24,25)26)13-19-11-20(28-31-19)16-6-8-18(23)9-7-16/h3-10,14,19H,11-13H2,1-2H3,(H,27,30)/t19-/m0/s1. The lowest BCUT2D eigenvalue weighted by Gasteiger charge is -2.26. The summed E-state index contributed by atoms with van der Waals surface area (Å²) in [5.74, 6) is 0. The van der Waals surface area contributed by atoms with Crippen molar-refractivity contribution < 1.29 is 22.8 Å². The van der Waals surface area contributed by atoms with Crippen LogP contribution in [0.2, 0.25) is 5.02 Å². The van der Waals surface area contributed by atoms with Crippen molar-refractivity contribution in [2.75, 3.05) is 6.54 Å². The summed E-state index contributed by atoms with van der Waals surface area (Å²) in [6.45, 7) is 3.82. The second-order valence-electron chi connectivity index (χ2n) is 7.66. The molecule has 0 bridgehead atoms. The van der Waals surface area contributed by atoms with E-state index in [0.717, 1.165) is 23.4 Å². The Morgan fingerprint density at radius 3 is 2.61 bits per heavy atom. The van der Waals surface area contributed by atoms with Crippen molar-refractivity contribution in [2.24, 2.45) is 5.16 Å². The lowest BCUT2D eigenvalue weighted by molar-refractivity contribution is -0.137. The highest BCUT2D eigenvalue weighted by Gasteiger charge is 2.31. The average Bonchev–Trinajstić information content (AvgIpc) is 3.15. The second kappa shape index (κ2) is 9.60. The van der Waals surface area contributed by atoms with E-state index in [0.29, 0.717) is 17.0 Å². The van der Waals surface area contributed by atoms with Gasteiger partial charge in [0.05, 0.1) is 17.8 Å². The Bertz CT molecular complexity index is 946. The third-order valence-corrected chi connectivity index (χ3v) is 4.91. The number of alkyl halides is 3. The number of oxime groups is 1. The Hall–Kier alpha value is -2.74. The zero-order valence-electron chi connectivity index (χ0n) is 17.1. The molecule has 9 heteroatoms. The number of nitrogens with zero attached hydrogens (tertiary/aromatic N) is 2. The van der Waals surface area contributed by atoms with Gasteiger partial charge < -0.3 is 15.1 Å². The first kappa shape index (κ1) is 22.9. The number of halogens is 4. The van der Waals surface area contributed by atoms with Crippen LogP contribution in [0.1, 0.15) is 37.0 Å². The highest BCUT2D eigenvalue weighted by Crippen LogP contribution is 2.30. The summed E-state index contributed by atoms with van der Waals surface area (Å²) in [4.78, 5) is 19.7. The largest absolute Gasteiger partial charge is 0.416 e. The maximum absolute atomic E-state index is 13.1. The summed E-state index contributed by atoms with van der Waals surface area (Å²) in [6.07, 6.45) is -4.39. The quantitative estimate of drug-likeness (QED) is 0.630. The molecule has 0 aliphatic carbocycles. The number of benzene rings is 2. The summed E-state index contributed by atoms with van der Waals surface area (Å²) in [7, 11) is 0. The second-order valence-corrected chi connectivity index (χ2v) is 8.10. The number of carbonyl (C=O) groups is 1. The van der Waals surface area contributed by atoms with E-state index in [9.17, 15) is 18.0 Å². The first-order valence-corrected chi connectivity index (χ1v) is 10.2. The van der Waals surface area contributed by atoms with E-state index in [-0.39, 0.29) is 25.2 Å². The van der Waals surface area contributed by atoms with Crippen molar-refractivity contribution >= 4 is 23.3 Å². The Kier molecular flexibility index (Phi) is 7.10. The number of carbonyl (C=O) groups excluding carboxylic acids is 1. The first-order valence-electron chi connectivity index (χ1n) is 9.82. The lowest BCUT2D eigenvalue weighted by Crippen LogP contribution is -2.45. The molecule has 1 N–H and O–H groups in total. The van der Waals surface area contributed by atoms with Crippen molar-refractivity contribution in [3.05, 3.63) is 70.2 Å². The van der Waals surface area contributed by atoms with Gasteiger partial charge in [-0.3, -0.25) is 0 Å². The molecule has 2 aromatic rings. The van der Waals surface area contributed by atoms with Crippen molar-refractivity contribution in [3.8, 4) is 0 Å². The van der Waals surface area contributed by atoms with Gasteiger partial charge in [-0.1, -0.05) is 41.0 Å². The maximum atomic E-state index is 13.1. The van der Waals surface area contributed by atoms with Crippen LogP contribution in [0, 0.1) is 0 Å². The van der Waals surface area contributed by atoms with Gasteiger partial charge in [0.2, 0.25) is 0 Å². The SMILES string of the molecule is CC(C)NC(=O)N(Cc1cccc(C(F)(F)F)c1)C[C@@H]1CC(c2ccc(Cl)cc2)=NO1. The van der Waals surface area contributed by atoms with Crippen LogP contribution in [-0.2, 0) is 17.6 Å². The minimum Gasteiger partial charge on any atom is -0.390 e. The Balaban J connectivity index is 1.71. The number of rotatable bonds is 6. The fourth-order valence-electron chi connectivity index (χ4n) is 3.21. The molecule has 1 aliphatic heterocycles. The maximum Gasteiger partial charge on any atom is 0.416 e. The molecule has 0 saturated carbocycles. The third-order valence-electron chi connectivity index (χ3n) is 4.66. The first-order chi connectivity index (χ1) is 14.6. The molecule has 0 fully saturated rings. The molecular formula is C22H23ClF3N3O2. The molecule has 1 aliphatic rings. The van der Waals surface area contributed by atoms with Gasteiger partial charge in [-0.05, 0) is 49.2 Å². The van der Waals surface area contributed by atoms with E-state index in [1.54, 1.807) is 18.2 Å². The zero-order chi connectivity index (χ0) is 22.6. The lowest BCUT2D eigenvalue weighted by atomic mass is 10.0. The van der Waals surface area contributed by atoms with Gasteiger partial charge in [-0.2, -0.15) is 13.2 Å². The molecule has 2 aromatic carbocycles. The molecule has 3 rings (SSSR count). The van der Waals surface area contributed by atoms with Crippen LogP contribution >= 0.6 is 11.6 Å². The van der Waals surface area contributed by atoms with E-state index in [1.165, 1.54) is 11.0 Å². The summed E-state index contributed by atoms with van der Waals surface area (Å²) in [5, 5.41) is 7.51. The Morgan fingerprint density at radius 1 is 1.26 bits per heavy atom. The molecule has 0 radical (unpaired) electrons. The van der Waals surface area contributed by atoms with Gasteiger partial charge in [-0.15, -0.1) is 0 Å². The molecule has 31 heavy (non-hydrogen) atoms. The van der Waals surface area contributed by atoms with Gasteiger partial charge >= 0.3 is 12.2 Å². The highest BCUT2D eigenvalue weighted by molar-refractivity contribution is 6.30. The van der Waals surface area contributed by atoms with E-state index in [1.807, 2.05) is 26.0 Å². The minimum absolute atomic E-state index is 0.0125. The molecule has 1 heterocycles. The number of hydrogen-bond acceptors (Lipinski definition) is 3. The van der Waals surface area contributed by atoms with E-state index in [4.69, 9.17) is 16.4 Å². The van der Waals surface area contributed by atoms with Gasteiger partial charge in [-0.25, -0.2) is 4.79 Å². The van der Waals surface area contributed by atoms with Gasteiger partial charge in [0.1, 0.15) is 0 Å². The molecule has 0 aromatic heterocycles. The monoisotopic (exact) mass is 453 g/mol. The summed E-state index contributed by atoms with van der Waals surface area (Å²) in [6, 6.07) is 11.6. The van der Waals surface area contributed by atoms with Crippen LogP contribution in [0.3, 0.4) is 0 Å². The Morgan fingerprint density at radius 2 is 1.97 bits per heavy atom. The van der Waals surface area contributed by atoms with E-state index >= 15 is 0 Å². The van der Waals surface area contributed by atoms with Gasteiger partial charge in [0.25, 0.3) is 0 Å². The highest BCUT2D eigenvalue weighted by atomic mass is 35.5. The van der Waals surface area contributed by atoms with Gasteiger partial charge in [0, 0.05) is 24.0 Å². The van der Waals surface area contributed by atoms with Crippen molar-refractivity contribution in [1.82, 2.24) is 10.2 Å². The molecule has 2 amide bonds. The van der Waals surface area contributed by atoms with Gasteiger partial charge in [0.15, 0.2) is 6.10 Å². The topological polar surface area (TPSA) is 53.9 Å². The Labute approximate surface area is 183 Å². The number of hydrogen-bond donors (Lipinski definition) is 1. The molecular weight excluding hydrogens is 431 g/mol.